The van der Waals surface area contributed by atoms with Crippen molar-refractivity contribution in [2.45, 2.75) is 25.8 Å². The van der Waals surface area contributed by atoms with Crippen LogP contribution in [0.2, 0.25) is 10.0 Å². The van der Waals surface area contributed by atoms with Crippen LogP contribution in [0.5, 0.6) is 0 Å². The van der Waals surface area contributed by atoms with E-state index in [2.05, 4.69) is 0 Å². The second kappa shape index (κ2) is 7.95. The maximum atomic E-state index is 12.3. The number of rotatable bonds is 6. The van der Waals surface area contributed by atoms with Crippen LogP contribution in [0.25, 0.3) is 0 Å². The van der Waals surface area contributed by atoms with Crippen molar-refractivity contribution in [2.24, 2.45) is 0 Å². The summed E-state index contributed by atoms with van der Waals surface area (Å²) < 4.78 is 0. The average Bonchev–Trinajstić information content (AvgIpc) is 3.05. The molecule has 0 aliphatic heterocycles. The van der Waals surface area contributed by atoms with Crippen LogP contribution in [-0.4, -0.2) is 23.6 Å². The summed E-state index contributed by atoms with van der Waals surface area (Å²) in [5.41, 5.74) is 0.830. The molecule has 122 valence electrons. The summed E-state index contributed by atoms with van der Waals surface area (Å²) in [5, 5.41) is 2.94. The summed E-state index contributed by atoms with van der Waals surface area (Å²) in [5.74, 6) is -0.0904. The Morgan fingerprint density at radius 3 is 2.57 bits per heavy atom. The highest BCUT2D eigenvalue weighted by molar-refractivity contribution is 7.12. The lowest BCUT2D eigenvalue weighted by Gasteiger charge is -2.26. The molecule has 0 aliphatic carbocycles. The van der Waals surface area contributed by atoms with Crippen molar-refractivity contribution in [1.82, 2.24) is 4.90 Å². The first-order valence-corrected chi connectivity index (χ1v) is 8.81. The molecule has 1 aromatic heterocycles. The van der Waals surface area contributed by atoms with Crippen LogP contribution in [0.3, 0.4) is 0 Å². The number of hydrogen-bond acceptors (Lipinski definition) is 3. The molecule has 0 aliphatic rings. The molecule has 3 nitrogen and oxygen atoms in total. The van der Waals surface area contributed by atoms with E-state index >= 15 is 0 Å². The number of carbonyl (C=O) groups excluding carboxylic acids is 2. The molecule has 0 saturated carbocycles. The van der Waals surface area contributed by atoms with Crippen LogP contribution in [0.1, 0.15) is 41.0 Å². The van der Waals surface area contributed by atoms with E-state index in [9.17, 15) is 9.59 Å². The first kappa shape index (κ1) is 18.0. The van der Waals surface area contributed by atoms with Crippen molar-refractivity contribution in [3.8, 4) is 0 Å². The van der Waals surface area contributed by atoms with Gasteiger partial charge in [0.1, 0.15) is 0 Å². The van der Waals surface area contributed by atoms with Crippen molar-refractivity contribution in [3.63, 3.8) is 0 Å². The number of Topliss-reactive ketones (excluding diaryl/α,β-unsaturated/α-hetero) is 1. The molecule has 1 heterocycles. The molecular weight excluding hydrogens is 353 g/mol. The molecule has 0 radical (unpaired) electrons. The Hall–Kier alpha value is -1.36. The highest BCUT2D eigenvalue weighted by Gasteiger charge is 2.20. The lowest BCUT2D eigenvalue weighted by Crippen LogP contribution is -2.30. The molecule has 1 aromatic carbocycles. The van der Waals surface area contributed by atoms with E-state index in [1.165, 1.54) is 11.3 Å². The van der Waals surface area contributed by atoms with Crippen molar-refractivity contribution in [3.05, 3.63) is 56.2 Å². The zero-order valence-electron chi connectivity index (χ0n) is 12.9. The zero-order valence-corrected chi connectivity index (χ0v) is 15.2. The lowest BCUT2D eigenvalue weighted by molar-refractivity contribution is -0.131. The van der Waals surface area contributed by atoms with Gasteiger partial charge < -0.3 is 4.90 Å². The third kappa shape index (κ3) is 4.56. The highest BCUT2D eigenvalue weighted by atomic mass is 35.5. The van der Waals surface area contributed by atoms with Gasteiger partial charge in [-0.1, -0.05) is 35.3 Å². The normalized spacial score (nSPS) is 12.0. The standard InChI is InChI=1S/C17H17Cl2NO2S/c1-11(13-6-5-12(18)10-14(13)19)20(2)17(22)8-7-15(21)16-4-3-9-23-16/h3-6,9-11H,7-8H2,1-2H3. The molecule has 0 saturated heterocycles. The SMILES string of the molecule is CC(c1ccc(Cl)cc1Cl)N(C)C(=O)CCC(=O)c1cccs1. The summed E-state index contributed by atoms with van der Waals surface area (Å²) in [6.45, 7) is 1.90. The fourth-order valence-electron chi connectivity index (χ4n) is 2.22. The first-order chi connectivity index (χ1) is 10.9. The van der Waals surface area contributed by atoms with Crippen LogP contribution in [0.15, 0.2) is 35.7 Å². The lowest BCUT2D eigenvalue weighted by atomic mass is 10.1. The maximum Gasteiger partial charge on any atom is 0.223 e. The Morgan fingerprint density at radius 1 is 1.22 bits per heavy atom. The minimum absolute atomic E-state index is 0.000992. The monoisotopic (exact) mass is 369 g/mol. The second-order valence-corrected chi connectivity index (χ2v) is 7.04. The number of benzene rings is 1. The van der Waals surface area contributed by atoms with Crippen LogP contribution in [0, 0.1) is 0 Å². The van der Waals surface area contributed by atoms with E-state index in [1.54, 1.807) is 30.1 Å². The molecule has 0 spiro atoms. The number of hydrogen-bond donors (Lipinski definition) is 0. The summed E-state index contributed by atoms with van der Waals surface area (Å²) >= 11 is 13.5. The minimum atomic E-state index is -0.191. The molecular formula is C17H17Cl2NO2S. The number of thiophene rings is 1. The Labute approximate surface area is 149 Å². The molecule has 1 unspecified atom stereocenters. The molecule has 1 atom stereocenters. The Kier molecular flexibility index (Phi) is 6.22. The third-order valence-electron chi connectivity index (χ3n) is 3.75. The predicted molar refractivity (Wildman–Crippen MR) is 95.5 cm³/mol. The van der Waals surface area contributed by atoms with E-state index in [4.69, 9.17) is 23.2 Å². The quantitative estimate of drug-likeness (QED) is 0.653. The number of ketones is 1. The molecule has 23 heavy (non-hydrogen) atoms. The fraction of sp³-hybridized carbons (Fsp3) is 0.294. The van der Waals surface area contributed by atoms with Crippen molar-refractivity contribution in [2.75, 3.05) is 7.05 Å². The zero-order chi connectivity index (χ0) is 17.0. The third-order valence-corrected chi connectivity index (χ3v) is 5.22. The minimum Gasteiger partial charge on any atom is -0.339 e. The summed E-state index contributed by atoms with van der Waals surface area (Å²) in [7, 11) is 1.72. The van der Waals surface area contributed by atoms with Gasteiger partial charge in [0.2, 0.25) is 5.91 Å². The van der Waals surface area contributed by atoms with Gasteiger partial charge in [0.15, 0.2) is 5.78 Å². The van der Waals surface area contributed by atoms with Gasteiger partial charge in [-0.2, -0.15) is 0 Å². The van der Waals surface area contributed by atoms with Gasteiger partial charge in [0.05, 0.1) is 10.9 Å². The highest BCUT2D eigenvalue weighted by Crippen LogP contribution is 2.29. The molecule has 1 amide bonds. The topological polar surface area (TPSA) is 37.4 Å². The van der Waals surface area contributed by atoms with Crippen molar-refractivity contribution < 1.29 is 9.59 Å². The van der Waals surface area contributed by atoms with E-state index < -0.39 is 0 Å². The number of nitrogens with zero attached hydrogens (tertiary/aromatic N) is 1. The maximum absolute atomic E-state index is 12.3. The van der Waals surface area contributed by atoms with E-state index in [0.717, 1.165) is 5.56 Å². The van der Waals surface area contributed by atoms with Crippen molar-refractivity contribution in [1.29, 1.82) is 0 Å². The largest absolute Gasteiger partial charge is 0.339 e. The van der Waals surface area contributed by atoms with E-state index in [-0.39, 0.29) is 30.6 Å². The molecule has 6 heteroatoms. The van der Waals surface area contributed by atoms with Gasteiger partial charge >= 0.3 is 0 Å². The Balaban J connectivity index is 1.97. The first-order valence-electron chi connectivity index (χ1n) is 7.17. The number of halogens is 2. The van der Waals surface area contributed by atoms with Crippen molar-refractivity contribution >= 4 is 46.2 Å². The predicted octanol–water partition coefficient (Wildman–Crippen LogP) is 5.24. The average molecular weight is 370 g/mol. The summed E-state index contributed by atoms with van der Waals surface area (Å²) in [6, 6.07) is 8.64. The van der Waals surface area contributed by atoms with Crippen LogP contribution in [-0.2, 0) is 4.79 Å². The molecule has 0 N–H and O–H groups in total. The van der Waals surface area contributed by atoms with Gasteiger partial charge in [-0.05, 0) is 36.1 Å². The van der Waals surface area contributed by atoms with Gasteiger partial charge in [0.25, 0.3) is 0 Å². The van der Waals surface area contributed by atoms with Crippen LogP contribution in [0.4, 0.5) is 0 Å². The second-order valence-electron chi connectivity index (χ2n) is 5.25. The summed E-state index contributed by atoms with van der Waals surface area (Å²) in [4.78, 5) is 26.6. The van der Waals surface area contributed by atoms with Crippen LogP contribution < -0.4 is 0 Å². The van der Waals surface area contributed by atoms with Gasteiger partial charge in [0, 0.05) is 29.9 Å². The molecule has 0 fully saturated rings. The van der Waals surface area contributed by atoms with Gasteiger partial charge in [-0.3, -0.25) is 9.59 Å². The smallest absolute Gasteiger partial charge is 0.223 e. The van der Waals surface area contributed by atoms with Gasteiger partial charge in [-0.25, -0.2) is 0 Å². The number of amides is 1. The van der Waals surface area contributed by atoms with E-state index in [0.29, 0.717) is 14.9 Å². The van der Waals surface area contributed by atoms with Crippen LogP contribution >= 0.6 is 34.5 Å². The molecule has 0 bridgehead atoms. The Morgan fingerprint density at radius 2 is 1.96 bits per heavy atom. The number of carbonyl (C=O) groups is 2. The Bertz CT molecular complexity index is 701. The van der Waals surface area contributed by atoms with E-state index in [1.807, 2.05) is 24.4 Å². The summed E-state index contributed by atoms with van der Waals surface area (Å²) in [6.07, 6.45) is 0.396. The molecule has 2 aromatic rings. The van der Waals surface area contributed by atoms with Gasteiger partial charge in [-0.15, -0.1) is 11.3 Å². The molecule has 2 rings (SSSR count). The fourth-order valence-corrected chi connectivity index (χ4v) is 3.48.